The average Bonchev–Trinajstić information content (AvgIpc) is 3.23. The van der Waals surface area contributed by atoms with Gasteiger partial charge in [-0.3, -0.25) is 19.3 Å². The van der Waals surface area contributed by atoms with Gasteiger partial charge in [0.25, 0.3) is 5.91 Å². The summed E-state index contributed by atoms with van der Waals surface area (Å²) in [6.45, 7) is 6.13. The van der Waals surface area contributed by atoms with Crippen LogP contribution in [-0.4, -0.2) is 32.6 Å². The second-order valence-electron chi connectivity index (χ2n) is 7.34. The molecule has 0 saturated carbocycles. The summed E-state index contributed by atoms with van der Waals surface area (Å²) in [6.07, 6.45) is 1.31. The van der Waals surface area contributed by atoms with E-state index in [9.17, 15) is 14.4 Å². The maximum absolute atomic E-state index is 12.9. The van der Waals surface area contributed by atoms with Crippen LogP contribution in [0.4, 0.5) is 5.69 Å². The van der Waals surface area contributed by atoms with Gasteiger partial charge >= 0.3 is 0 Å². The number of imide groups is 1. The monoisotopic (exact) mass is 422 g/mol. The molecule has 0 radical (unpaired) electrons. The molecule has 0 aliphatic carbocycles. The lowest BCUT2D eigenvalue weighted by molar-refractivity contribution is -0.139. The summed E-state index contributed by atoms with van der Waals surface area (Å²) in [6, 6.07) is 7.19. The minimum atomic E-state index is -0.189. The van der Waals surface area contributed by atoms with Crippen molar-refractivity contribution < 1.29 is 14.4 Å². The molecule has 3 aromatic rings. The van der Waals surface area contributed by atoms with Crippen LogP contribution in [0.2, 0.25) is 0 Å². The van der Waals surface area contributed by atoms with Crippen LogP contribution in [0.25, 0.3) is 10.2 Å². The second kappa shape index (κ2) is 7.95. The zero-order chi connectivity index (χ0) is 21.4. The lowest BCUT2D eigenvalue weighted by Crippen LogP contribution is -2.28. The van der Waals surface area contributed by atoms with Crippen molar-refractivity contribution >= 4 is 45.0 Å². The fraction of sp³-hybridized carbons (Fsp3) is 0.318. The van der Waals surface area contributed by atoms with Crippen LogP contribution in [-0.2, 0) is 22.6 Å². The number of thiophene rings is 1. The highest BCUT2D eigenvalue weighted by molar-refractivity contribution is 7.20. The van der Waals surface area contributed by atoms with Gasteiger partial charge in [0.1, 0.15) is 10.7 Å². The molecule has 3 amide bonds. The molecule has 4 rings (SSSR count). The molecule has 0 bridgehead atoms. The Balaban J connectivity index is 1.51. The highest BCUT2D eigenvalue weighted by Gasteiger charge is 2.28. The maximum atomic E-state index is 12.9. The van der Waals surface area contributed by atoms with Gasteiger partial charge < -0.3 is 5.32 Å². The summed E-state index contributed by atoms with van der Waals surface area (Å²) >= 11 is 1.38. The first-order valence-corrected chi connectivity index (χ1v) is 10.7. The Bertz CT molecular complexity index is 1150. The van der Waals surface area contributed by atoms with E-state index >= 15 is 0 Å². The predicted octanol–water partition coefficient (Wildman–Crippen LogP) is 3.77. The van der Waals surface area contributed by atoms with Crippen molar-refractivity contribution in [2.75, 3.05) is 5.32 Å². The molecular weight excluding hydrogens is 400 g/mol. The summed E-state index contributed by atoms with van der Waals surface area (Å²) in [7, 11) is 0. The van der Waals surface area contributed by atoms with E-state index in [2.05, 4.69) is 15.3 Å². The Morgan fingerprint density at radius 2 is 1.77 bits per heavy atom. The Hall–Kier alpha value is -3.13. The molecule has 3 heterocycles. The van der Waals surface area contributed by atoms with E-state index in [1.807, 2.05) is 32.9 Å². The summed E-state index contributed by atoms with van der Waals surface area (Å²) < 4.78 is 0. The maximum Gasteiger partial charge on any atom is 0.266 e. The Morgan fingerprint density at radius 3 is 2.40 bits per heavy atom. The number of amides is 3. The molecule has 7 nitrogen and oxygen atoms in total. The smallest absolute Gasteiger partial charge is 0.266 e. The number of rotatable bonds is 5. The largest absolute Gasteiger partial charge is 0.321 e. The molecule has 8 heteroatoms. The number of likely N-dealkylation sites (tertiary alicyclic amines) is 1. The van der Waals surface area contributed by atoms with Crippen LogP contribution in [0, 0.1) is 13.8 Å². The van der Waals surface area contributed by atoms with Crippen LogP contribution in [0.5, 0.6) is 0 Å². The zero-order valence-corrected chi connectivity index (χ0v) is 17.9. The molecule has 0 atom stereocenters. The highest BCUT2D eigenvalue weighted by atomic mass is 32.1. The fourth-order valence-electron chi connectivity index (χ4n) is 3.63. The topological polar surface area (TPSA) is 92.3 Å². The van der Waals surface area contributed by atoms with Gasteiger partial charge in [0, 0.05) is 36.0 Å². The number of carbonyl (C=O) groups is 3. The third kappa shape index (κ3) is 3.70. The van der Waals surface area contributed by atoms with Gasteiger partial charge in [-0.2, -0.15) is 0 Å². The first-order valence-electron chi connectivity index (χ1n) is 9.87. The van der Waals surface area contributed by atoms with Crippen LogP contribution in [0.1, 0.15) is 52.1 Å². The normalized spacial score (nSPS) is 14.0. The molecule has 0 spiro atoms. The Labute approximate surface area is 178 Å². The Kier molecular flexibility index (Phi) is 5.34. The quantitative estimate of drug-likeness (QED) is 0.632. The van der Waals surface area contributed by atoms with E-state index in [0.29, 0.717) is 10.6 Å². The first-order chi connectivity index (χ1) is 14.4. The van der Waals surface area contributed by atoms with E-state index in [1.165, 1.54) is 16.2 Å². The SMILES string of the molecule is CCc1nc(C)c2c(C)c(C(=O)Nc3ccc(CN4C(=O)CCC4=O)cc3)sc2n1. The van der Waals surface area contributed by atoms with E-state index in [-0.39, 0.29) is 37.1 Å². The molecule has 1 N–H and O–H groups in total. The molecule has 154 valence electrons. The summed E-state index contributed by atoms with van der Waals surface area (Å²) in [5, 5.41) is 3.86. The number of hydrogen-bond donors (Lipinski definition) is 1. The molecule has 1 saturated heterocycles. The molecule has 1 aromatic carbocycles. The van der Waals surface area contributed by atoms with Gasteiger partial charge in [-0.05, 0) is 37.1 Å². The minimum Gasteiger partial charge on any atom is -0.321 e. The summed E-state index contributed by atoms with van der Waals surface area (Å²) in [4.78, 5) is 48.2. The highest BCUT2D eigenvalue weighted by Crippen LogP contribution is 2.32. The summed E-state index contributed by atoms with van der Waals surface area (Å²) in [5.74, 6) is 0.314. The molecule has 1 fully saturated rings. The number of fused-ring (bicyclic) bond motifs is 1. The van der Waals surface area contributed by atoms with E-state index < -0.39 is 0 Å². The van der Waals surface area contributed by atoms with Crippen molar-refractivity contribution in [3.8, 4) is 0 Å². The van der Waals surface area contributed by atoms with Gasteiger partial charge in [-0.15, -0.1) is 11.3 Å². The number of nitrogens with zero attached hydrogens (tertiary/aromatic N) is 3. The summed E-state index contributed by atoms with van der Waals surface area (Å²) in [5.41, 5.74) is 3.26. The van der Waals surface area contributed by atoms with Crippen LogP contribution < -0.4 is 5.32 Å². The third-order valence-electron chi connectivity index (χ3n) is 5.25. The van der Waals surface area contributed by atoms with E-state index in [1.54, 1.807) is 12.1 Å². The van der Waals surface area contributed by atoms with Gasteiger partial charge in [0.15, 0.2) is 0 Å². The molecule has 2 aromatic heterocycles. The van der Waals surface area contributed by atoms with Crippen molar-refractivity contribution in [2.45, 2.75) is 46.6 Å². The zero-order valence-electron chi connectivity index (χ0n) is 17.1. The van der Waals surface area contributed by atoms with Gasteiger partial charge in [0.05, 0.1) is 11.4 Å². The van der Waals surface area contributed by atoms with Crippen molar-refractivity contribution in [3.05, 3.63) is 51.8 Å². The van der Waals surface area contributed by atoms with Gasteiger partial charge in [-0.25, -0.2) is 9.97 Å². The van der Waals surface area contributed by atoms with Crippen molar-refractivity contribution in [1.82, 2.24) is 14.9 Å². The lowest BCUT2D eigenvalue weighted by atomic mass is 10.1. The molecular formula is C22H22N4O3S. The Morgan fingerprint density at radius 1 is 1.10 bits per heavy atom. The third-order valence-corrected chi connectivity index (χ3v) is 6.43. The predicted molar refractivity (Wildman–Crippen MR) is 115 cm³/mol. The minimum absolute atomic E-state index is 0.137. The van der Waals surface area contributed by atoms with Gasteiger partial charge in [-0.1, -0.05) is 19.1 Å². The van der Waals surface area contributed by atoms with E-state index in [0.717, 1.165) is 39.3 Å². The van der Waals surface area contributed by atoms with E-state index in [4.69, 9.17) is 0 Å². The van der Waals surface area contributed by atoms with Crippen LogP contribution >= 0.6 is 11.3 Å². The van der Waals surface area contributed by atoms with Crippen molar-refractivity contribution in [2.24, 2.45) is 0 Å². The van der Waals surface area contributed by atoms with Crippen molar-refractivity contribution in [3.63, 3.8) is 0 Å². The lowest BCUT2D eigenvalue weighted by Gasteiger charge is -2.14. The van der Waals surface area contributed by atoms with Crippen LogP contribution in [0.3, 0.4) is 0 Å². The number of hydrogen-bond acceptors (Lipinski definition) is 6. The standard InChI is InChI=1S/C22H22N4O3S/c1-4-16-23-13(3)19-12(2)20(30-22(19)25-16)21(29)24-15-7-5-14(6-8-15)11-26-17(27)9-10-18(26)28/h5-8H,4,9-11H2,1-3H3,(H,24,29). The molecule has 0 unspecified atom stereocenters. The number of benzene rings is 1. The van der Waals surface area contributed by atoms with Crippen molar-refractivity contribution in [1.29, 1.82) is 0 Å². The van der Waals surface area contributed by atoms with Crippen LogP contribution in [0.15, 0.2) is 24.3 Å². The fourth-order valence-corrected chi connectivity index (χ4v) is 4.78. The molecule has 30 heavy (non-hydrogen) atoms. The molecule has 1 aliphatic rings. The number of carbonyl (C=O) groups excluding carboxylic acids is 3. The number of aromatic nitrogens is 2. The number of aryl methyl sites for hydroxylation is 3. The molecule has 1 aliphatic heterocycles. The first kappa shape index (κ1) is 20.2. The number of anilines is 1. The second-order valence-corrected chi connectivity index (χ2v) is 8.34. The number of nitrogens with one attached hydrogen (secondary N) is 1. The van der Waals surface area contributed by atoms with Gasteiger partial charge in [0.2, 0.25) is 11.8 Å². The average molecular weight is 423 g/mol.